The van der Waals surface area contributed by atoms with Crippen LogP contribution in [0, 0.1) is 0 Å². The molecule has 1 aliphatic heterocycles. The average molecular weight is 334 g/mol. The van der Waals surface area contributed by atoms with Gasteiger partial charge >= 0.3 is 0 Å². The second kappa shape index (κ2) is 6.23. The van der Waals surface area contributed by atoms with Gasteiger partial charge in [-0.05, 0) is 18.6 Å². The number of aromatic nitrogens is 5. The van der Waals surface area contributed by atoms with E-state index in [-0.39, 0.29) is 18.0 Å². The van der Waals surface area contributed by atoms with E-state index in [1.54, 1.807) is 29.4 Å². The maximum absolute atomic E-state index is 12.6. The molecule has 0 bridgehead atoms. The highest BCUT2D eigenvalue weighted by Crippen LogP contribution is 2.18. The number of carbonyl (C=O) groups is 1. The number of H-pyrrole nitrogens is 1. The number of nitrogens with zero attached hydrogens (tertiary/aromatic N) is 5. The first-order valence-corrected chi connectivity index (χ1v) is 7.80. The number of hydrogen-bond donors (Lipinski definition) is 1. The molecule has 8 heteroatoms. The third-order valence-corrected chi connectivity index (χ3v) is 4.07. The van der Waals surface area contributed by atoms with Crippen molar-refractivity contribution in [2.24, 2.45) is 0 Å². The quantitative estimate of drug-likeness (QED) is 0.744. The molecule has 1 amide bonds. The van der Waals surface area contributed by atoms with Crippen molar-refractivity contribution in [3.63, 3.8) is 0 Å². The molecule has 25 heavy (non-hydrogen) atoms. The Labute approximate surface area is 142 Å². The van der Waals surface area contributed by atoms with Crippen molar-refractivity contribution in [1.82, 2.24) is 29.8 Å². The monoisotopic (exact) mass is 334 g/mol. The molecular weight excluding hydrogens is 320 g/mol. The van der Waals surface area contributed by atoms with Crippen molar-refractivity contribution in [3.8, 4) is 11.5 Å². The molecule has 0 radical (unpaired) electrons. The summed E-state index contributed by atoms with van der Waals surface area (Å²) in [5.41, 5.74) is 2.01. The molecule has 0 saturated heterocycles. The fourth-order valence-corrected chi connectivity index (χ4v) is 2.83. The zero-order valence-corrected chi connectivity index (χ0v) is 13.2. The Bertz CT molecular complexity index is 971. The number of fused-ring (bicyclic) bond motifs is 1. The van der Waals surface area contributed by atoms with E-state index in [1.807, 2.05) is 0 Å². The smallest absolute Gasteiger partial charge is 0.255 e. The van der Waals surface area contributed by atoms with E-state index in [1.165, 1.54) is 18.6 Å². The second-order valence-electron chi connectivity index (χ2n) is 5.65. The number of aromatic amines is 1. The van der Waals surface area contributed by atoms with Gasteiger partial charge in [0.15, 0.2) is 5.82 Å². The summed E-state index contributed by atoms with van der Waals surface area (Å²) in [6.45, 7) is 0.746. The fourth-order valence-electron chi connectivity index (χ4n) is 2.83. The standard InChI is InChI=1S/C17H14N6O2/c24-16-12-3-7-23(17(25)11-2-1-4-18-8-11)10-14(12)21-15(22-16)13-9-19-5-6-20-13/h1-2,4-6,8-9H,3,7,10H2,(H,21,22,24). The highest BCUT2D eigenvalue weighted by molar-refractivity contribution is 5.94. The minimum atomic E-state index is -0.195. The molecule has 0 aromatic carbocycles. The van der Waals surface area contributed by atoms with Crippen molar-refractivity contribution in [1.29, 1.82) is 0 Å². The van der Waals surface area contributed by atoms with E-state index in [2.05, 4.69) is 24.9 Å². The fraction of sp³-hybridized carbons (Fsp3) is 0.176. The summed E-state index contributed by atoms with van der Waals surface area (Å²) in [4.78, 5) is 46.0. The van der Waals surface area contributed by atoms with Crippen LogP contribution in [0.25, 0.3) is 11.5 Å². The Kier molecular flexibility index (Phi) is 3.77. The first-order chi connectivity index (χ1) is 12.2. The summed E-state index contributed by atoms with van der Waals surface area (Å²) in [5.74, 6) is 0.231. The minimum absolute atomic E-state index is 0.123. The van der Waals surface area contributed by atoms with E-state index in [0.717, 1.165) is 0 Å². The molecule has 0 fully saturated rings. The molecule has 1 aliphatic rings. The van der Waals surface area contributed by atoms with Crippen molar-refractivity contribution in [3.05, 3.63) is 70.3 Å². The van der Waals surface area contributed by atoms with Gasteiger partial charge in [0.05, 0.1) is 24.0 Å². The van der Waals surface area contributed by atoms with Gasteiger partial charge in [0, 0.05) is 36.9 Å². The SMILES string of the molecule is O=C(c1cccnc1)N1CCc2c(nc(-c3cnccn3)[nH]c2=O)C1. The number of carbonyl (C=O) groups excluding carboxylic acids is 1. The molecule has 8 nitrogen and oxygen atoms in total. The van der Waals surface area contributed by atoms with E-state index in [0.29, 0.717) is 41.3 Å². The van der Waals surface area contributed by atoms with Crippen LogP contribution in [-0.2, 0) is 13.0 Å². The highest BCUT2D eigenvalue weighted by atomic mass is 16.2. The van der Waals surface area contributed by atoms with Gasteiger partial charge in [-0.1, -0.05) is 0 Å². The maximum atomic E-state index is 12.6. The lowest BCUT2D eigenvalue weighted by Crippen LogP contribution is -2.39. The van der Waals surface area contributed by atoms with Crippen LogP contribution in [0.4, 0.5) is 0 Å². The molecule has 4 heterocycles. The van der Waals surface area contributed by atoms with Gasteiger partial charge in [0.25, 0.3) is 11.5 Å². The van der Waals surface area contributed by atoms with E-state index < -0.39 is 0 Å². The van der Waals surface area contributed by atoms with E-state index >= 15 is 0 Å². The molecular formula is C17H14N6O2. The molecule has 3 aromatic rings. The van der Waals surface area contributed by atoms with Gasteiger partial charge in [-0.25, -0.2) is 9.97 Å². The van der Waals surface area contributed by atoms with Crippen LogP contribution in [0.3, 0.4) is 0 Å². The Morgan fingerprint density at radius 1 is 1.16 bits per heavy atom. The lowest BCUT2D eigenvalue weighted by molar-refractivity contribution is 0.0731. The Morgan fingerprint density at radius 3 is 2.80 bits per heavy atom. The maximum Gasteiger partial charge on any atom is 0.255 e. The first-order valence-electron chi connectivity index (χ1n) is 7.80. The summed E-state index contributed by atoms with van der Waals surface area (Å²) in [6.07, 6.45) is 8.24. The summed E-state index contributed by atoms with van der Waals surface area (Å²) in [5, 5.41) is 0. The molecule has 4 rings (SSSR count). The van der Waals surface area contributed by atoms with Crippen LogP contribution in [0.15, 0.2) is 47.9 Å². The predicted molar refractivity (Wildman–Crippen MR) is 88.6 cm³/mol. The summed E-state index contributed by atoms with van der Waals surface area (Å²) in [6, 6.07) is 3.45. The Balaban J connectivity index is 1.67. The van der Waals surface area contributed by atoms with Crippen LogP contribution in [-0.4, -0.2) is 42.3 Å². The molecule has 0 spiro atoms. The predicted octanol–water partition coefficient (Wildman–Crippen LogP) is 0.820. The third-order valence-electron chi connectivity index (χ3n) is 4.07. The van der Waals surface area contributed by atoms with Gasteiger partial charge in [-0.2, -0.15) is 0 Å². The second-order valence-corrected chi connectivity index (χ2v) is 5.65. The normalized spacial score (nSPS) is 13.4. The topological polar surface area (TPSA) is 105 Å². The minimum Gasteiger partial charge on any atom is -0.332 e. The third kappa shape index (κ3) is 2.89. The van der Waals surface area contributed by atoms with Crippen LogP contribution < -0.4 is 5.56 Å². The van der Waals surface area contributed by atoms with E-state index in [9.17, 15) is 9.59 Å². The number of nitrogens with one attached hydrogen (secondary N) is 1. The van der Waals surface area contributed by atoms with Crippen molar-refractivity contribution in [2.75, 3.05) is 6.54 Å². The Morgan fingerprint density at radius 2 is 2.04 bits per heavy atom. The van der Waals surface area contributed by atoms with Crippen molar-refractivity contribution < 1.29 is 4.79 Å². The summed E-state index contributed by atoms with van der Waals surface area (Å²) >= 11 is 0. The van der Waals surface area contributed by atoms with Gasteiger partial charge in [0.2, 0.25) is 0 Å². The molecule has 3 aromatic heterocycles. The first kappa shape index (κ1) is 15.1. The zero-order chi connectivity index (χ0) is 17.2. The summed E-state index contributed by atoms with van der Waals surface area (Å²) in [7, 11) is 0. The van der Waals surface area contributed by atoms with Crippen molar-refractivity contribution in [2.45, 2.75) is 13.0 Å². The molecule has 0 unspecified atom stereocenters. The van der Waals surface area contributed by atoms with Gasteiger partial charge in [0.1, 0.15) is 5.69 Å². The lowest BCUT2D eigenvalue weighted by Gasteiger charge is -2.27. The Hall–Kier alpha value is -3.42. The molecule has 124 valence electrons. The molecule has 1 N–H and O–H groups in total. The van der Waals surface area contributed by atoms with Crippen molar-refractivity contribution >= 4 is 5.91 Å². The number of hydrogen-bond acceptors (Lipinski definition) is 6. The number of pyridine rings is 1. The van der Waals surface area contributed by atoms with Crippen LogP contribution in [0.5, 0.6) is 0 Å². The summed E-state index contributed by atoms with van der Waals surface area (Å²) < 4.78 is 0. The largest absolute Gasteiger partial charge is 0.332 e. The van der Waals surface area contributed by atoms with Crippen LogP contribution >= 0.6 is 0 Å². The molecule has 0 atom stereocenters. The number of amides is 1. The molecule has 0 saturated carbocycles. The van der Waals surface area contributed by atoms with E-state index in [4.69, 9.17) is 0 Å². The van der Waals surface area contributed by atoms with Crippen LogP contribution in [0.1, 0.15) is 21.6 Å². The molecule has 0 aliphatic carbocycles. The van der Waals surface area contributed by atoms with Gasteiger partial charge in [-0.15, -0.1) is 0 Å². The highest BCUT2D eigenvalue weighted by Gasteiger charge is 2.25. The number of rotatable bonds is 2. The van der Waals surface area contributed by atoms with Gasteiger partial charge in [-0.3, -0.25) is 19.6 Å². The average Bonchev–Trinajstić information content (AvgIpc) is 2.68. The van der Waals surface area contributed by atoms with Crippen LogP contribution in [0.2, 0.25) is 0 Å². The zero-order valence-electron chi connectivity index (χ0n) is 13.2. The lowest BCUT2D eigenvalue weighted by atomic mass is 10.1. The van der Waals surface area contributed by atoms with Gasteiger partial charge < -0.3 is 9.88 Å².